The van der Waals surface area contributed by atoms with Crippen molar-refractivity contribution >= 4 is 23.1 Å². The number of ether oxygens (including phenoxy) is 1. The summed E-state index contributed by atoms with van der Waals surface area (Å²) < 4.78 is 5.53. The van der Waals surface area contributed by atoms with Crippen LogP contribution in [0.4, 0.5) is 0 Å². The highest BCUT2D eigenvalue weighted by Gasteiger charge is 2.08. The number of carbonyl (C=O) groups excluding carboxylic acids is 1. The number of H-pyrrole nitrogens is 1. The first-order valence-electron chi connectivity index (χ1n) is 7.47. The van der Waals surface area contributed by atoms with Crippen LogP contribution in [-0.4, -0.2) is 31.9 Å². The molecule has 3 rings (SSSR count). The molecule has 3 heterocycles. The molecule has 0 radical (unpaired) electrons. The van der Waals surface area contributed by atoms with Gasteiger partial charge in [-0.25, -0.2) is 15.0 Å². The first-order valence-corrected chi connectivity index (χ1v) is 7.47. The summed E-state index contributed by atoms with van der Waals surface area (Å²) in [5, 5.41) is 0. The highest BCUT2D eigenvalue weighted by Crippen LogP contribution is 2.22. The normalized spacial score (nSPS) is 11.5. The molecule has 0 atom stereocenters. The Bertz CT molecular complexity index is 897. The van der Waals surface area contributed by atoms with Gasteiger partial charge >= 0.3 is 0 Å². The summed E-state index contributed by atoms with van der Waals surface area (Å²) >= 11 is 0. The van der Waals surface area contributed by atoms with Crippen LogP contribution in [0.25, 0.3) is 28.5 Å². The summed E-state index contributed by atoms with van der Waals surface area (Å²) in [5.74, 6) is 0.0490. The summed E-state index contributed by atoms with van der Waals surface area (Å²) in [7, 11) is 0. The zero-order chi connectivity index (χ0) is 17.1. The smallest absolute Gasteiger partial charge is 0.241 e. The summed E-state index contributed by atoms with van der Waals surface area (Å²) in [6.07, 6.45) is 8.05. The lowest BCUT2D eigenvalue weighted by Crippen LogP contribution is -2.06. The zero-order valence-corrected chi connectivity index (χ0v) is 13.4. The van der Waals surface area contributed by atoms with E-state index >= 15 is 0 Å². The molecule has 0 aromatic carbocycles. The summed E-state index contributed by atoms with van der Waals surface area (Å²) in [5.41, 5.74) is 8.67. The fraction of sp³-hybridized carbons (Fsp3) is 0.176. The van der Waals surface area contributed by atoms with Gasteiger partial charge in [-0.2, -0.15) is 0 Å². The van der Waals surface area contributed by atoms with Gasteiger partial charge in [-0.1, -0.05) is 0 Å². The Morgan fingerprint density at radius 1 is 1.29 bits per heavy atom. The van der Waals surface area contributed by atoms with Crippen LogP contribution in [0.3, 0.4) is 0 Å². The summed E-state index contributed by atoms with van der Waals surface area (Å²) in [4.78, 5) is 27.1. The number of nitrogens with one attached hydrogen (secondary N) is 1. The van der Waals surface area contributed by atoms with E-state index in [-0.39, 0.29) is 6.10 Å². The maximum atomic E-state index is 10.9. The number of nitrogens with zero attached hydrogens (tertiary/aromatic N) is 3. The van der Waals surface area contributed by atoms with Crippen LogP contribution < -0.4 is 10.5 Å². The number of fused-ring (bicyclic) bond motifs is 1. The second-order valence-electron chi connectivity index (χ2n) is 5.48. The Morgan fingerprint density at radius 3 is 2.79 bits per heavy atom. The second-order valence-corrected chi connectivity index (χ2v) is 5.48. The third-order valence-electron chi connectivity index (χ3n) is 3.23. The minimum atomic E-state index is -0.515. The molecule has 1 amide bonds. The summed E-state index contributed by atoms with van der Waals surface area (Å²) in [6.45, 7) is 3.89. The molecule has 0 bridgehead atoms. The van der Waals surface area contributed by atoms with Crippen LogP contribution in [0, 0.1) is 0 Å². The van der Waals surface area contributed by atoms with Gasteiger partial charge in [0.25, 0.3) is 0 Å². The van der Waals surface area contributed by atoms with Gasteiger partial charge in [0.15, 0.2) is 5.65 Å². The Morgan fingerprint density at radius 2 is 2.12 bits per heavy atom. The highest BCUT2D eigenvalue weighted by atomic mass is 16.5. The number of rotatable bonds is 5. The Hall–Kier alpha value is -3.22. The average molecular weight is 323 g/mol. The van der Waals surface area contributed by atoms with Gasteiger partial charge in [-0.3, -0.25) is 4.79 Å². The number of hydrogen-bond acceptors (Lipinski definition) is 5. The summed E-state index contributed by atoms with van der Waals surface area (Å²) in [6, 6.07) is 3.68. The van der Waals surface area contributed by atoms with Crippen LogP contribution in [-0.2, 0) is 4.79 Å². The molecule has 0 saturated carbocycles. The molecular formula is C17H17N5O2. The lowest BCUT2D eigenvalue weighted by atomic mass is 10.2. The number of pyridine rings is 1. The number of amides is 1. The number of hydrogen-bond donors (Lipinski definition) is 2. The van der Waals surface area contributed by atoms with Crippen molar-refractivity contribution in [1.29, 1.82) is 0 Å². The van der Waals surface area contributed by atoms with E-state index in [9.17, 15) is 4.79 Å². The van der Waals surface area contributed by atoms with Gasteiger partial charge in [0.2, 0.25) is 11.8 Å². The SMILES string of the molecule is CC(C)Oc1ccc(-c2cnc3[nH]cc(/C=C/C(N)=O)c3n2)cn1. The van der Waals surface area contributed by atoms with Crippen LogP contribution in [0.2, 0.25) is 0 Å². The first kappa shape index (κ1) is 15.7. The molecule has 0 unspecified atom stereocenters. The van der Waals surface area contributed by atoms with Gasteiger partial charge in [0.1, 0.15) is 5.52 Å². The Balaban J connectivity index is 1.95. The van der Waals surface area contributed by atoms with Crippen molar-refractivity contribution < 1.29 is 9.53 Å². The van der Waals surface area contributed by atoms with Crippen LogP contribution in [0.1, 0.15) is 19.4 Å². The van der Waals surface area contributed by atoms with Crippen LogP contribution in [0.5, 0.6) is 5.88 Å². The van der Waals surface area contributed by atoms with E-state index in [2.05, 4.69) is 19.9 Å². The lowest BCUT2D eigenvalue weighted by Gasteiger charge is -2.08. The molecule has 3 aromatic rings. The molecule has 0 aliphatic carbocycles. The van der Waals surface area contributed by atoms with Gasteiger partial charge in [0.05, 0.1) is 18.0 Å². The van der Waals surface area contributed by atoms with Crippen molar-refractivity contribution in [3.8, 4) is 17.1 Å². The number of aromatic amines is 1. The molecule has 122 valence electrons. The van der Waals surface area contributed by atoms with Gasteiger partial charge in [-0.05, 0) is 26.0 Å². The predicted molar refractivity (Wildman–Crippen MR) is 91.1 cm³/mol. The topological polar surface area (TPSA) is 107 Å². The minimum absolute atomic E-state index is 0.0685. The van der Waals surface area contributed by atoms with Gasteiger partial charge < -0.3 is 15.5 Å². The number of carbonyl (C=O) groups is 1. The lowest BCUT2D eigenvalue weighted by molar-refractivity contribution is -0.113. The second kappa shape index (κ2) is 6.49. The molecule has 0 spiro atoms. The molecule has 3 N–H and O–H groups in total. The standard InChI is InChI=1S/C17H17N5O2/c1-10(2)24-15-6-4-11(7-19-15)13-9-21-17-16(22-13)12(8-20-17)3-5-14(18)23/h3-10H,1-2H3,(H2,18,23)(H,20,21)/b5-3+. The van der Waals surface area contributed by atoms with E-state index in [1.807, 2.05) is 19.9 Å². The third-order valence-corrected chi connectivity index (χ3v) is 3.23. The molecule has 7 nitrogen and oxygen atoms in total. The highest BCUT2D eigenvalue weighted by molar-refractivity contribution is 5.93. The van der Waals surface area contributed by atoms with Crippen LogP contribution in [0.15, 0.2) is 36.8 Å². The number of nitrogens with two attached hydrogens (primary N) is 1. The van der Waals surface area contributed by atoms with E-state index < -0.39 is 5.91 Å². The monoisotopic (exact) mass is 323 g/mol. The van der Waals surface area contributed by atoms with E-state index in [0.29, 0.717) is 22.7 Å². The maximum Gasteiger partial charge on any atom is 0.241 e. The molecular weight excluding hydrogens is 306 g/mol. The van der Waals surface area contributed by atoms with E-state index in [1.54, 1.807) is 30.7 Å². The third kappa shape index (κ3) is 3.40. The fourth-order valence-electron chi connectivity index (χ4n) is 2.19. The molecule has 0 aliphatic heterocycles. The van der Waals surface area contributed by atoms with Crippen molar-refractivity contribution in [3.05, 3.63) is 42.4 Å². The number of aromatic nitrogens is 4. The Kier molecular flexibility index (Phi) is 4.24. The molecule has 0 saturated heterocycles. The molecule has 0 fully saturated rings. The molecule has 0 aliphatic rings. The van der Waals surface area contributed by atoms with Gasteiger partial charge in [0, 0.05) is 35.7 Å². The fourth-order valence-corrected chi connectivity index (χ4v) is 2.19. The Labute approximate surface area is 138 Å². The van der Waals surface area contributed by atoms with E-state index in [0.717, 1.165) is 11.1 Å². The quantitative estimate of drug-likeness (QED) is 0.701. The van der Waals surface area contributed by atoms with E-state index in [1.165, 1.54) is 6.08 Å². The van der Waals surface area contributed by atoms with Crippen molar-refractivity contribution in [2.24, 2.45) is 5.73 Å². The molecule has 3 aromatic heterocycles. The number of primary amides is 1. The predicted octanol–water partition coefficient (Wildman–Crippen LogP) is 2.31. The molecule has 7 heteroatoms. The van der Waals surface area contributed by atoms with Crippen molar-refractivity contribution in [1.82, 2.24) is 19.9 Å². The zero-order valence-electron chi connectivity index (χ0n) is 13.4. The van der Waals surface area contributed by atoms with Gasteiger partial charge in [-0.15, -0.1) is 0 Å². The molecule has 24 heavy (non-hydrogen) atoms. The van der Waals surface area contributed by atoms with E-state index in [4.69, 9.17) is 10.5 Å². The van der Waals surface area contributed by atoms with Crippen molar-refractivity contribution in [2.45, 2.75) is 20.0 Å². The largest absolute Gasteiger partial charge is 0.475 e. The first-order chi connectivity index (χ1) is 11.5. The van der Waals surface area contributed by atoms with Crippen molar-refractivity contribution in [2.75, 3.05) is 0 Å². The average Bonchev–Trinajstić information content (AvgIpc) is 2.95. The van der Waals surface area contributed by atoms with Crippen molar-refractivity contribution in [3.63, 3.8) is 0 Å². The minimum Gasteiger partial charge on any atom is -0.475 e. The van der Waals surface area contributed by atoms with Crippen LogP contribution >= 0.6 is 0 Å². The maximum absolute atomic E-state index is 10.9.